The molecule has 2 unspecified atom stereocenters. The van der Waals surface area contributed by atoms with E-state index < -0.39 is 6.10 Å². The van der Waals surface area contributed by atoms with Crippen LogP contribution in [0.25, 0.3) is 6.08 Å². The third-order valence-electron chi connectivity index (χ3n) is 2.73. The highest BCUT2D eigenvalue weighted by molar-refractivity contribution is 5.87. The van der Waals surface area contributed by atoms with Gasteiger partial charge in [0.15, 0.2) is 6.10 Å². The van der Waals surface area contributed by atoms with Crippen molar-refractivity contribution in [2.24, 2.45) is 0 Å². The minimum Gasteiger partial charge on any atom is -0.447 e. The molecule has 4 heteroatoms. The van der Waals surface area contributed by atoms with Gasteiger partial charge in [-0.2, -0.15) is 0 Å². The van der Waals surface area contributed by atoms with Crippen LogP contribution in [0.1, 0.15) is 12.5 Å². The first-order chi connectivity index (χ1) is 7.25. The van der Waals surface area contributed by atoms with Crippen LogP contribution in [0.5, 0.6) is 5.95 Å². The molecular formula is C11H11NO3. The van der Waals surface area contributed by atoms with Crippen molar-refractivity contribution < 1.29 is 13.9 Å². The van der Waals surface area contributed by atoms with Gasteiger partial charge in [0.2, 0.25) is 0 Å². The molecule has 1 aromatic rings. The number of hydrogen-bond donors (Lipinski definition) is 0. The van der Waals surface area contributed by atoms with Crippen LogP contribution in [0, 0.1) is 0 Å². The van der Waals surface area contributed by atoms with Crippen molar-refractivity contribution in [2.75, 3.05) is 6.54 Å². The van der Waals surface area contributed by atoms with Crippen molar-refractivity contribution in [3.63, 3.8) is 0 Å². The standard InChI is InChI=1S/C11H11NO3/c1-7-6-12(7)10(13)9-3-2-8-4-5-14-11(8)15-9/h2-5,7,9H,6H2,1H3. The molecule has 15 heavy (non-hydrogen) atoms. The lowest BCUT2D eigenvalue weighted by Gasteiger charge is -2.17. The SMILES string of the molecule is CC1CN1C(=O)C1C=Cc2ccoc2O1. The van der Waals surface area contributed by atoms with Gasteiger partial charge in [0.05, 0.1) is 11.8 Å². The minimum atomic E-state index is -0.520. The van der Waals surface area contributed by atoms with E-state index >= 15 is 0 Å². The van der Waals surface area contributed by atoms with Gasteiger partial charge in [0, 0.05) is 12.6 Å². The molecule has 2 aliphatic heterocycles. The predicted octanol–water partition coefficient (Wildman–Crippen LogP) is 1.28. The van der Waals surface area contributed by atoms with Gasteiger partial charge >= 0.3 is 0 Å². The van der Waals surface area contributed by atoms with Crippen molar-refractivity contribution in [3.05, 3.63) is 24.0 Å². The predicted molar refractivity (Wildman–Crippen MR) is 53.3 cm³/mol. The molecule has 0 bridgehead atoms. The van der Waals surface area contributed by atoms with E-state index in [0.717, 1.165) is 12.1 Å². The summed E-state index contributed by atoms with van der Waals surface area (Å²) in [5, 5.41) is 0. The molecule has 4 nitrogen and oxygen atoms in total. The monoisotopic (exact) mass is 205 g/mol. The highest BCUT2D eigenvalue weighted by atomic mass is 16.6. The molecule has 0 N–H and O–H groups in total. The number of rotatable bonds is 1. The number of ether oxygens (including phenoxy) is 1. The van der Waals surface area contributed by atoms with E-state index in [9.17, 15) is 4.79 Å². The smallest absolute Gasteiger partial charge is 0.292 e. The highest BCUT2D eigenvalue weighted by Crippen LogP contribution is 2.29. The fourth-order valence-electron chi connectivity index (χ4n) is 1.71. The summed E-state index contributed by atoms with van der Waals surface area (Å²) in [4.78, 5) is 13.6. The van der Waals surface area contributed by atoms with Crippen LogP contribution in [0.4, 0.5) is 0 Å². The van der Waals surface area contributed by atoms with E-state index in [1.54, 1.807) is 17.2 Å². The lowest BCUT2D eigenvalue weighted by atomic mass is 10.2. The largest absolute Gasteiger partial charge is 0.447 e. The molecule has 0 spiro atoms. The first kappa shape index (κ1) is 8.59. The van der Waals surface area contributed by atoms with Crippen molar-refractivity contribution in [1.82, 2.24) is 4.90 Å². The molecule has 1 amide bonds. The molecule has 78 valence electrons. The third kappa shape index (κ3) is 1.33. The van der Waals surface area contributed by atoms with Crippen molar-refractivity contribution >= 4 is 12.0 Å². The Bertz CT molecular complexity index is 435. The normalized spacial score (nSPS) is 27.1. The zero-order valence-electron chi connectivity index (χ0n) is 8.34. The summed E-state index contributed by atoms with van der Waals surface area (Å²) in [7, 11) is 0. The second-order valence-corrected chi connectivity index (χ2v) is 3.90. The van der Waals surface area contributed by atoms with Crippen LogP contribution in [0.2, 0.25) is 0 Å². The van der Waals surface area contributed by atoms with Crippen LogP contribution in [-0.4, -0.2) is 29.5 Å². The molecule has 1 fully saturated rings. The summed E-state index contributed by atoms with van der Waals surface area (Å²) in [6, 6.07) is 2.17. The molecule has 1 aromatic heterocycles. The van der Waals surface area contributed by atoms with Gasteiger partial charge in [-0.15, -0.1) is 0 Å². The van der Waals surface area contributed by atoms with E-state index in [4.69, 9.17) is 9.15 Å². The Morgan fingerprint density at radius 2 is 2.40 bits per heavy atom. The highest BCUT2D eigenvalue weighted by Gasteiger charge is 2.39. The Labute approximate surface area is 87.1 Å². The second kappa shape index (κ2) is 2.89. The summed E-state index contributed by atoms with van der Waals surface area (Å²) in [6.45, 7) is 2.85. The summed E-state index contributed by atoms with van der Waals surface area (Å²) in [5.41, 5.74) is 0.887. The van der Waals surface area contributed by atoms with Crippen LogP contribution in [0.15, 0.2) is 22.8 Å². The van der Waals surface area contributed by atoms with E-state index in [-0.39, 0.29) is 5.91 Å². The van der Waals surface area contributed by atoms with Gasteiger partial charge in [0.25, 0.3) is 11.9 Å². The Morgan fingerprint density at radius 3 is 3.13 bits per heavy atom. The fraction of sp³-hybridized carbons (Fsp3) is 0.364. The summed E-state index contributed by atoms with van der Waals surface area (Å²) >= 11 is 0. The number of hydrogen-bond acceptors (Lipinski definition) is 3. The van der Waals surface area contributed by atoms with Crippen molar-refractivity contribution in [3.8, 4) is 5.95 Å². The number of amides is 1. The molecule has 0 aromatic carbocycles. The third-order valence-corrected chi connectivity index (χ3v) is 2.73. The molecule has 3 heterocycles. The van der Waals surface area contributed by atoms with E-state index in [1.807, 2.05) is 19.1 Å². The van der Waals surface area contributed by atoms with Gasteiger partial charge in [-0.3, -0.25) is 4.79 Å². The molecule has 0 radical (unpaired) electrons. The summed E-state index contributed by atoms with van der Waals surface area (Å²) in [6.07, 6.45) is 4.67. The Morgan fingerprint density at radius 1 is 1.60 bits per heavy atom. The number of fused-ring (bicyclic) bond motifs is 1. The van der Waals surface area contributed by atoms with E-state index in [2.05, 4.69) is 0 Å². The van der Waals surface area contributed by atoms with Crippen LogP contribution in [-0.2, 0) is 4.79 Å². The first-order valence-electron chi connectivity index (χ1n) is 4.98. The van der Waals surface area contributed by atoms with E-state index in [0.29, 0.717) is 12.0 Å². The van der Waals surface area contributed by atoms with Crippen LogP contribution in [0.3, 0.4) is 0 Å². The average molecular weight is 205 g/mol. The molecule has 0 saturated carbocycles. The Hall–Kier alpha value is -1.71. The molecule has 2 atom stereocenters. The van der Waals surface area contributed by atoms with Crippen LogP contribution < -0.4 is 4.74 Å². The number of carbonyl (C=O) groups is 1. The van der Waals surface area contributed by atoms with Crippen molar-refractivity contribution in [1.29, 1.82) is 0 Å². The maximum Gasteiger partial charge on any atom is 0.292 e. The van der Waals surface area contributed by atoms with Gasteiger partial charge in [-0.25, -0.2) is 0 Å². The lowest BCUT2D eigenvalue weighted by molar-refractivity contribution is -0.131. The van der Waals surface area contributed by atoms with Gasteiger partial charge in [0.1, 0.15) is 0 Å². The zero-order chi connectivity index (χ0) is 10.4. The van der Waals surface area contributed by atoms with Gasteiger partial charge < -0.3 is 14.1 Å². The Balaban J connectivity index is 1.78. The first-order valence-corrected chi connectivity index (χ1v) is 4.98. The van der Waals surface area contributed by atoms with Crippen molar-refractivity contribution in [2.45, 2.75) is 19.1 Å². The zero-order valence-corrected chi connectivity index (χ0v) is 8.34. The van der Waals surface area contributed by atoms with Gasteiger partial charge in [-0.1, -0.05) is 0 Å². The Kier molecular flexibility index (Phi) is 1.65. The average Bonchev–Trinajstić information content (AvgIpc) is 2.80. The second-order valence-electron chi connectivity index (χ2n) is 3.90. The summed E-state index contributed by atoms with van der Waals surface area (Å²) < 4.78 is 10.6. The summed E-state index contributed by atoms with van der Waals surface area (Å²) in [5.74, 6) is 0.450. The van der Waals surface area contributed by atoms with Crippen LogP contribution >= 0.6 is 0 Å². The topological polar surface area (TPSA) is 42.5 Å². The maximum absolute atomic E-state index is 11.8. The molecule has 3 rings (SSSR count). The molecule has 0 aliphatic carbocycles. The number of carbonyl (C=O) groups excluding carboxylic acids is 1. The minimum absolute atomic E-state index is 0.0146. The lowest BCUT2D eigenvalue weighted by Crippen LogP contribution is -2.32. The maximum atomic E-state index is 11.8. The molecule has 2 aliphatic rings. The molecular weight excluding hydrogens is 194 g/mol. The number of furan rings is 1. The quantitative estimate of drug-likeness (QED) is 0.649. The number of nitrogens with zero attached hydrogens (tertiary/aromatic N) is 1. The van der Waals surface area contributed by atoms with Gasteiger partial charge in [-0.05, 0) is 25.1 Å². The molecule has 1 saturated heterocycles. The van der Waals surface area contributed by atoms with E-state index in [1.165, 1.54) is 0 Å². The fourth-order valence-corrected chi connectivity index (χ4v) is 1.71.